The van der Waals surface area contributed by atoms with E-state index in [-0.39, 0.29) is 12.5 Å². The third kappa shape index (κ3) is 3.34. The van der Waals surface area contributed by atoms with Crippen molar-refractivity contribution in [2.75, 3.05) is 13.2 Å². The molecule has 21 heavy (non-hydrogen) atoms. The van der Waals surface area contributed by atoms with Gasteiger partial charge in [0.05, 0.1) is 0 Å². The molecule has 1 aliphatic carbocycles. The maximum Gasteiger partial charge on any atom is 0.258 e. The van der Waals surface area contributed by atoms with Crippen molar-refractivity contribution in [2.45, 2.75) is 25.3 Å². The molecule has 0 bridgehead atoms. The highest BCUT2D eigenvalue weighted by atomic mass is 16.5. The van der Waals surface area contributed by atoms with Gasteiger partial charge in [0, 0.05) is 11.6 Å². The lowest BCUT2D eigenvalue weighted by atomic mass is 10.0. The minimum absolute atomic E-state index is 0.0515. The van der Waals surface area contributed by atoms with Crippen LogP contribution < -0.4 is 15.8 Å². The summed E-state index contributed by atoms with van der Waals surface area (Å²) in [6.45, 7) is 0.616. The second-order valence-corrected chi connectivity index (χ2v) is 5.43. The maximum absolute atomic E-state index is 11.7. The van der Waals surface area contributed by atoms with Crippen LogP contribution in [0.25, 0.3) is 10.8 Å². The molecule has 1 amide bonds. The number of amides is 1. The van der Waals surface area contributed by atoms with E-state index in [1.165, 1.54) is 0 Å². The molecule has 1 fully saturated rings. The summed E-state index contributed by atoms with van der Waals surface area (Å²) in [5, 5.41) is 5.23. The number of carbonyl (C=O) groups is 1. The maximum atomic E-state index is 11.7. The number of rotatable bonds is 6. The van der Waals surface area contributed by atoms with Gasteiger partial charge in [-0.05, 0) is 42.6 Å². The van der Waals surface area contributed by atoms with Gasteiger partial charge in [0.1, 0.15) is 5.75 Å². The molecule has 2 aromatic carbocycles. The topological polar surface area (TPSA) is 64.3 Å². The fraction of sp³-hybridized carbons (Fsp3) is 0.353. The average Bonchev–Trinajstić information content (AvgIpc) is 3.30. The molecule has 3 rings (SSSR count). The third-order valence-electron chi connectivity index (χ3n) is 3.69. The van der Waals surface area contributed by atoms with Crippen molar-refractivity contribution in [3.63, 3.8) is 0 Å². The van der Waals surface area contributed by atoms with Crippen LogP contribution in [-0.2, 0) is 11.2 Å². The number of carbonyl (C=O) groups excluding carboxylic acids is 1. The van der Waals surface area contributed by atoms with Gasteiger partial charge < -0.3 is 15.8 Å². The molecule has 0 atom stereocenters. The van der Waals surface area contributed by atoms with Gasteiger partial charge >= 0.3 is 0 Å². The van der Waals surface area contributed by atoms with Crippen LogP contribution in [0.1, 0.15) is 18.4 Å². The summed E-state index contributed by atoms with van der Waals surface area (Å²) < 4.78 is 5.72. The van der Waals surface area contributed by atoms with Crippen molar-refractivity contribution >= 4 is 16.7 Å². The van der Waals surface area contributed by atoms with Crippen LogP contribution in [0.3, 0.4) is 0 Å². The molecular formula is C17H20N2O2. The predicted octanol–water partition coefficient (Wildman–Crippen LogP) is 2.00. The molecule has 2 aromatic rings. The molecule has 0 radical (unpaired) electrons. The first-order valence-corrected chi connectivity index (χ1v) is 7.41. The fourth-order valence-electron chi connectivity index (χ4n) is 2.49. The largest absolute Gasteiger partial charge is 0.483 e. The van der Waals surface area contributed by atoms with E-state index < -0.39 is 0 Å². The van der Waals surface area contributed by atoms with E-state index in [4.69, 9.17) is 10.5 Å². The molecule has 110 valence electrons. The fourth-order valence-corrected chi connectivity index (χ4v) is 2.49. The van der Waals surface area contributed by atoms with Gasteiger partial charge in [0.25, 0.3) is 5.91 Å². The zero-order valence-electron chi connectivity index (χ0n) is 12.0. The van der Waals surface area contributed by atoms with Gasteiger partial charge in [-0.2, -0.15) is 0 Å². The van der Waals surface area contributed by atoms with Crippen LogP contribution in [0.4, 0.5) is 0 Å². The summed E-state index contributed by atoms with van der Waals surface area (Å²) in [5.41, 5.74) is 6.79. The summed E-state index contributed by atoms with van der Waals surface area (Å²) in [7, 11) is 0. The molecule has 3 N–H and O–H groups in total. The van der Waals surface area contributed by atoms with E-state index in [9.17, 15) is 4.79 Å². The normalized spacial score (nSPS) is 14.1. The monoisotopic (exact) mass is 284 g/mol. The lowest BCUT2D eigenvalue weighted by Gasteiger charge is -2.13. The van der Waals surface area contributed by atoms with Gasteiger partial charge in [0.2, 0.25) is 0 Å². The Labute approximate surface area is 124 Å². The number of hydrogen-bond acceptors (Lipinski definition) is 3. The van der Waals surface area contributed by atoms with E-state index in [1.54, 1.807) is 0 Å². The first-order chi connectivity index (χ1) is 10.3. The molecular weight excluding hydrogens is 264 g/mol. The zero-order chi connectivity index (χ0) is 14.7. The standard InChI is InChI=1S/C17H20N2O2/c18-10-9-15-14-4-2-1-3-12(14)5-8-16(15)21-11-17(20)19-13-6-7-13/h1-5,8,13H,6-7,9-11,18H2,(H,19,20). The molecule has 0 spiro atoms. The van der Waals surface area contributed by atoms with Crippen LogP contribution in [0.2, 0.25) is 0 Å². The van der Waals surface area contributed by atoms with Crippen LogP contribution in [0.5, 0.6) is 5.75 Å². The molecule has 0 unspecified atom stereocenters. The smallest absolute Gasteiger partial charge is 0.258 e. The molecule has 1 saturated carbocycles. The highest BCUT2D eigenvalue weighted by molar-refractivity contribution is 5.88. The van der Waals surface area contributed by atoms with Crippen molar-refractivity contribution in [3.05, 3.63) is 42.0 Å². The highest BCUT2D eigenvalue weighted by Crippen LogP contribution is 2.28. The number of nitrogens with one attached hydrogen (secondary N) is 1. The molecule has 0 aliphatic heterocycles. The van der Waals surface area contributed by atoms with Crippen molar-refractivity contribution in [2.24, 2.45) is 5.73 Å². The average molecular weight is 284 g/mol. The molecule has 1 aliphatic rings. The molecule has 0 saturated heterocycles. The first kappa shape index (κ1) is 13.9. The third-order valence-corrected chi connectivity index (χ3v) is 3.69. The second kappa shape index (κ2) is 6.14. The van der Waals surface area contributed by atoms with Crippen molar-refractivity contribution in [3.8, 4) is 5.75 Å². The van der Waals surface area contributed by atoms with Crippen molar-refractivity contribution < 1.29 is 9.53 Å². The predicted molar refractivity (Wildman–Crippen MR) is 83.4 cm³/mol. The van der Waals surface area contributed by atoms with Gasteiger partial charge in [-0.15, -0.1) is 0 Å². The minimum atomic E-state index is -0.0515. The Bertz CT molecular complexity index is 650. The van der Waals surface area contributed by atoms with E-state index in [2.05, 4.69) is 17.4 Å². The number of ether oxygens (including phenoxy) is 1. The summed E-state index contributed by atoms with van der Waals surface area (Å²) in [6, 6.07) is 12.5. The van der Waals surface area contributed by atoms with Crippen LogP contribution >= 0.6 is 0 Å². The first-order valence-electron chi connectivity index (χ1n) is 7.41. The van der Waals surface area contributed by atoms with Crippen molar-refractivity contribution in [1.29, 1.82) is 0 Å². The lowest BCUT2D eigenvalue weighted by molar-refractivity contribution is -0.123. The Hall–Kier alpha value is -2.07. The molecule has 0 aromatic heterocycles. The minimum Gasteiger partial charge on any atom is -0.483 e. The summed E-state index contributed by atoms with van der Waals surface area (Å²) in [6.07, 6.45) is 2.90. The Morgan fingerprint density at radius 3 is 2.81 bits per heavy atom. The van der Waals surface area contributed by atoms with E-state index >= 15 is 0 Å². The SMILES string of the molecule is NCCc1c(OCC(=O)NC2CC2)ccc2ccccc12. The zero-order valence-corrected chi connectivity index (χ0v) is 12.0. The van der Waals surface area contributed by atoms with Gasteiger partial charge in [-0.3, -0.25) is 4.79 Å². The molecule has 4 nitrogen and oxygen atoms in total. The number of benzene rings is 2. The number of hydrogen-bond donors (Lipinski definition) is 2. The Morgan fingerprint density at radius 1 is 1.24 bits per heavy atom. The molecule has 0 heterocycles. The van der Waals surface area contributed by atoms with Crippen LogP contribution in [-0.4, -0.2) is 25.1 Å². The Kier molecular flexibility index (Phi) is 4.06. The Morgan fingerprint density at radius 2 is 2.05 bits per heavy atom. The summed E-state index contributed by atoms with van der Waals surface area (Å²) in [5.74, 6) is 0.703. The quantitative estimate of drug-likeness (QED) is 0.852. The summed E-state index contributed by atoms with van der Waals surface area (Å²) >= 11 is 0. The number of nitrogens with two attached hydrogens (primary N) is 1. The van der Waals surface area contributed by atoms with Gasteiger partial charge in [0.15, 0.2) is 6.61 Å². The summed E-state index contributed by atoms with van der Waals surface area (Å²) in [4.78, 5) is 11.7. The van der Waals surface area contributed by atoms with E-state index in [1.807, 2.05) is 24.3 Å². The Balaban J connectivity index is 1.79. The van der Waals surface area contributed by atoms with E-state index in [0.717, 1.165) is 41.3 Å². The van der Waals surface area contributed by atoms with Crippen LogP contribution in [0.15, 0.2) is 36.4 Å². The van der Waals surface area contributed by atoms with Gasteiger partial charge in [-0.25, -0.2) is 0 Å². The lowest BCUT2D eigenvalue weighted by Crippen LogP contribution is -2.30. The van der Waals surface area contributed by atoms with Crippen molar-refractivity contribution in [1.82, 2.24) is 5.32 Å². The van der Waals surface area contributed by atoms with Crippen LogP contribution in [0, 0.1) is 0 Å². The van der Waals surface area contributed by atoms with Gasteiger partial charge in [-0.1, -0.05) is 30.3 Å². The number of fused-ring (bicyclic) bond motifs is 1. The molecule has 4 heteroatoms. The van der Waals surface area contributed by atoms with E-state index in [0.29, 0.717) is 12.6 Å². The second-order valence-electron chi connectivity index (χ2n) is 5.43. The highest BCUT2D eigenvalue weighted by Gasteiger charge is 2.23.